The molecule has 0 saturated carbocycles. The number of hydrogen-bond acceptors (Lipinski definition) is 2. The van der Waals surface area contributed by atoms with Gasteiger partial charge in [-0.15, -0.1) is 0 Å². The van der Waals surface area contributed by atoms with Gasteiger partial charge in [0.05, 0.1) is 6.61 Å². The van der Waals surface area contributed by atoms with E-state index in [2.05, 4.69) is 15.9 Å². The van der Waals surface area contributed by atoms with E-state index < -0.39 is 17.3 Å². The molecule has 0 unspecified atom stereocenters. The van der Waals surface area contributed by atoms with Crippen molar-refractivity contribution in [1.29, 1.82) is 0 Å². The van der Waals surface area contributed by atoms with Crippen molar-refractivity contribution in [2.45, 2.75) is 6.92 Å². The summed E-state index contributed by atoms with van der Waals surface area (Å²) < 4.78 is 18.8. The van der Waals surface area contributed by atoms with Crippen molar-refractivity contribution in [2.75, 3.05) is 6.61 Å². The Kier molecular flexibility index (Phi) is 3.46. The number of hydrogen-bond donors (Lipinski definition) is 1. The second-order valence-electron chi connectivity index (χ2n) is 2.50. The van der Waals surface area contributed by atoms with Gasteiger partial charge in [0.2, 0.25) is 0 Å². The molecule has 0 radical (unpaired) electrons. The summed E-state index contributed by atoms with van der Waals surface area (Å²) >= 11 is 3.08. The Labute approximate surface area is 88.6 Å². The first-order valence-corrected chi connectivity index (χ1v) is 4.70. The first kappa shape index (κ1) is 11.0. The minimum Gasteiger partial charge on any atom is -0.491 e. The van der Waals surface area contributed by atoms with Gasteiger partial charge in [-0.25, -0.2) is 9.18 Å². The summed E-state index contributed by atoms with van der Waals surface area (Å²) in [6.45, 7) is 1.98. The monoisotopic (exact) mass is 262 g/mol. The maximum absolute atomic E-state index is 13.4. The number of carboxylic acid groups (broad SMARTS) is 1. The van der Waals surface area contributed by atoms with Crippen molar-refractivity contribution >= 4 is 21.9 Å². The average Bonchev–Trinajstić information content (AvgIpc) is 2.10. The van der Waals surface area contributed by atoms with Crippen LogP contribution < -0.4 is 4.74 Å². The Hall–Kier alpha value is -1.10. The molecule has 0 spiro atoms. The highest BCUT2D eigenvalue weighted by atomic mass is 79.9. The Morgan fingerprint density at radius 1 is 1.64 bits per heavy atom. The molecule has 0 aromatic heterocycles. The van der Waals surface area contributed by atoms with Gasteiger partial charge < -0.3 is 9.84 Å². The molecule has 0 bridgehead atoms. The highest BCUT2D eigenvalue weighted by Crippen LogP contribution is 2.26. The van der Waals surface area contributed by atoms with E-state index in [9.17, 15) is 9.18 Å². The van der Waals surface area contributed by atoms with Crippen molar-refractivity contribution in [3.05, 3.63) is 28.0 Å². The molecule has 0 saturated heterocycles. The largest absolute Gasteiger partial charge is 0.491 e. The van der Waals surface area contributed by atoms with E-state index >= 15 is 0 Å². The molecule has 0 aliphatic heterocycles. The number of benzene rings is 1. The fourth-order valence-corrected chi connectivity index (χ4v) is 1.42. The maximum atomic E-state index is 13.4. The third kappa shape index (κ3) is 2.23. The minimum absolute atomic E-state index is 0.0562. The van der Waals surface area contributed by atoms with Gasteiger partial charge in [0.15, 0.2) is 11.6 Å². The number of ether oxygens (including phenoxy) is 1. The van der Waals surface area contributed by atoms with E-state index in [0.717, 1.165) is 0 Å². The van der Waals surface area contributed by atoms with Crippen LogP contribution in [0.1, 0.15) is 17.3 Å². The van der Waals surface area contributed by atoms with Crippen LogP contribution in [-0.2, 0) is 0 Å². The number of carbonyl (C=O) groups is 1. The third-order valence-electron chi connectivity index (χ3n) is 1.53. The number of aromatic carboxylic acids is 1. The average molecular weight is 263 g/mol. The van der Waals surface area contributed by atoms with Crippen molar-refractivity contribution in [2.24, 2.45) is 0 Å². The first-order valence-electron chi connectivity index (χ1n) is 3.91. The Morgan fingerprint density at radius 3 is 2.79 bits per heavy atom. The van der Waals surface area contributed by atoms with Gasteiger partial charge in [0.25, 0.3) is 0 Å². The lowest BCUT2D eigenvalue weighted by Crippen LogP contribution is -2.04. The van der Waals surface area contributed by atoms with Crippen LogP contribution in [-0.4, -0.2) is 17.7 Å². The van der Waals surface area contributed by atoms with Gasteiger partial charge in [0.1, 0.15) is 5.56 Å². The molecule has 0 aliphatic rings. The maximum Gasteiger partial charge on any atom is 0.338 e. The summed E-state index contributed by atoms with van der Waals surface area (Å²) in [4.78, 5) is 10.6. The number of rotatable bonds is 3. The van der Waals surface area contributed by atoms with Crippen LogP contribution in [0.2, 0.25) is 0 Å². The molecular weight excluding hydrogens is 255 g/mol. The zero-order valence-corrected chi connectivity index (χ0v) is 8.97. The molecule has 1 aromatic carbocycles. The fraction of sp³-hybridized carbons (Fsp3) is 0.222. The summed E-state index contributed by atoms with van der Waals surface area (Å²) in [5.41, 5.74) is -0.400. The van der Waals surface area contributed by atoms with Crippen LogP contribution in [0.15, 0.2) is 16.6 Å². The molecule has 0 amide bonds. The van der Waals surface area contributed by atoms with Crippen LogP contribution in [0.25, 0.3) is 0 Å². The van der Waals surface area contributed by atoms with Gasteiger partial charge in [-0.1, -0.05) is 15.9 Å². The lowest BCUT2D eigenvalue weighted by atomic mass is 10.2. The Bertz CT molecular complexity index is 365. The summed E-state index contributed by atoms with van der Waals surface area (Å²) in [7, 11) is 0. The van der Waals surface area contributed by atoms with Gasteiger partial charge in [-0.3, -0.25) is 0 Å². The van der Waals surface area contributed by atoms with Gasteiger partial charge in [0, 0.05) is 4.47 Å². The van der Waals surface area contributed by atoms with Crippen LogP contribution in [0, 0.1) is 5.82 Å². The lowest BCUT2D eigenvalue weighted by molar-refractivity contribution is 0.0690. The highest BCUT2D eigenvalue weighted by molar-refractivity contribution is 9.10. The van der Waals surface area contributed by atoms with Gasteiger partial charge >= 0.3 is 5.97 Å². The number of halogens is 2. The molecule has 5 heteroatoms. The molecule has 3 nitrogen and oxygen atoms in total. The summed E-state index contributed by atoms with van der Waals surface area (Å²) in [5.74, 6) is -2.22. The van der Waals surface area contributed by atoms with Crippen LogP contribution >= 0.6 is 15.9 Å². The zero-order chi connectivity index (χ0) is 10.7. The Morgan fingerprint density at radius 2 is 2.29 bits per heavy atom. The van der Waals surface area contributed by atoms with Gasteiger partial charge in [-0.05, 0) is 19.1 Å². The van der Waals surface area contributed by atoms with Crippen molar-refractivity contribution in [1.82, 2.24) is 0 Å². The lowest BCUT2D eigenvalue weighted by Gasteiger charge is -2.07. The molecular formula is C9H8BrFO3. The van der Waals surface area contributed by atoms with Crippen LogP contribution in [0.5, 0.6) is 5.75 Å². The Balaban J connectivity index is 3.24. The van der Waals surface area contributed by atoms with E-state index in [-0.39, 0.29) is 12.4 Å². The van der Waals surface area contributed by atoms with E-state index in [0.29, 0.717) is 4.47 Å². The molecule has 1 rings (SSSR count). The molecule has 14 heavy (non-hydrogen) atoms. The normalized spacial score (nSPS) is 9.93. The second-order valence-corrected chi connectivity index (χ2v) is 3.42. The van der Waals surface area contributed by atoms with Crippen LogP contribution in [0.4, 0.5) is 4.39 Å². The summed E-state index contributed by atoms with van der Waals surface area (Å²) in [6, 6.07) is 2.59. The quantitative estimate of drug-likeness (QED) is 0.911. The molecule has 0 fully saturated rings. The molecule has 0 heterocycles. The smallest absolute Gasteiger partial charge is 0.338 e. The van der Waals surface area contributed by atoms with Crippen molar-refractivity contribution in [3.63, 3.8) is 0 Å². The predicted molar refractivity (Wildman–Crippen MR) is 52.2 cm³/mol. The third-order valence-corrected chi connectivity index (χ3v) is 1.99. The molecule has 1 N–H and O–H groups in total. The molecule has 76 valence electrons. The molecule has 0 atom stereocenters. The van der Waals surface area contributed by atoms with Crippen molar-refractivity contribution < 1.29 is 19.0 Å². The topological polar surface area (TPSA) is 46.5 Å². The predicted octanol–water partition coefficient (Wildman–Crippen LogP) is 2.69. The van der Waals surface area contributed by atoms with E-state index in [1.54, 1.807) is 6.92 Å². The van der Waals surface area contributed by atoms with E-state index in [1.807, 2.05) is 0 Å². The SMILES string of the molecule is CCOc1cc(Br)cc(C(=O)O)c1F. The van der Waals surface area contributed by atoms with Gasteiger partial charge in [-0.2, -0.15) is 0 Å². The fourth-order valence-electron chi connectivity index (χ4n) is 0.980. The van der Waals surface area contributed by atoms with E-state index in [4.69, 9.17) is 9.84 Å². The second kappa shape index (κ2) is 4.41. The van der Waals surface area contributed by atoms with Crippen molar-refractivity contribution in [3.8, 4) is 5.75 Å². The summed E-state index contributed by atoms with van der Waals surface area (Å²) in [5, 5.41) is 8.67. The van der Waals surface area contributed by atoms with Crippen LogP contribution in [0.3, 0.4) is 0 Å². The zero-order valence-electron chi connectivity index (χ0n) is 7.38. The highest BCUT2D eigenvalue weighted by Gasteiger charge is 2.16. The molecule has 0 aliphatic carbocycles. The molecule has 1 aromatic rings. The standard InChI is InChI=1S/C9H8BrFO3/c1-2-14-7-4-5(10)3-6(8(7)11)9(12)13/h3-4H,2H2,1H3,(H,12,13). The first-order chi connectivity index (χ1) is 6.56. The minimum atomic E-state index is -1.32. The summed E-state index contributed by atoms with van der Waals surface area (Å²) in [6.07, 6.45) is 0. The number of carboxylic acids is 1. The van der Waals surface area contributed by atoms with E-state index in [1.165, 1.54) is 12.1 Å².